The molecule has 52 heavy (non-hydrogen) atoms. The second-order valence-electron chi connectivity index (χ2n) is 15.9. The van der Waals surface area contributed by atoms with Crippen LogP contribution in [0.3, 0.4) is 0 Å². The third kappa shape index (κ3) is 9.71. The van der Waals surface area contributed by atoms with E-state index in [1.165, 1.54) is 12.8 Å². The Morgan fingerprint density at radius 2 is 1.15 bits per heavy atom. The molecule has 0 N–H and O–H groups in total. The molecule has 0 aliphatic heterocycles. The predicted octanol–water partition coefficient (Wildman–Crippen LogP) is 10.5. The van der Waals surface area contributed by atoms with Crippen molar-refractivity contribution in [1.82, 2.24) is 19.1 Å². The quantitative estimate of drug-likeness (QED) is 0.150. The van der Waals surface area contributed by atoms with E-state index in [1.807, 2.05) is 59.4 Å². The van der Waals surface area contributed by atoms with Crippen LogP contribution in [-0.4, -0.2) is 43.2 Å². The van der Waals surface area contributed by atoms with Crippen LogP contribution in [-0.2, 0) is 45.0 Å². The maximum absolute atomic E-state index is 12.7. The average molecular weight is 754 g/mol. The molecule has 6 rings (SSSR count). The van der Waals surface area contributed by atoms with Crippen LogP contribution in [0.25, 0.3) is 22.1 Å². The van der Waals surface area contributed by atoms with Gasteiger partial charge in [-0.05, 0) is 97.6 Å². The largest absolute Gasteiger partial charge is 0.461 e. The minimum absolute atomic E-state index is 0.0229. The number of rotatable bonds is 10. The van der Waals surface area contributed by atoms with Gasteiger partial charge in [0.2, 0.25) is 0 Å². The van der Waals surface area contributed by atoms with E-state index in [9.17, 15) is 9.59 Å². The van der Waals surface area contributed by atoms with E-state index < -0.39 is 0 Å². The molecule has 2 aromatic heterocycles. The van der Waals surface area contributed by atoms with Crippen molar-refractivity contribution in [2.45, 2.75) is 132 Å². The Morgan fingerprint density at radius 3 is 1.65 bits per heavy atom. The molecule has 0 amide bonds. The maximum Gasteiger partial charge on any atom is 0.326 e. The van der Waals surface area contributed by atoms with Crippen molar-refractivity contribution in [3.63, 3.8) is 0 Å². The van der Waals surface area contributed by atoms with Gasteiger partial charge in [-0.1, -0.05) is 91.4 Å². The zero-order valence-corrected chi connectivity index (χ0v) is 33.8. The fraction of sp³-hybridized carbons (Fsp3) is 0.619. The molecule has 10 heteroatoms. The van der Waals surface area contributed by atoms with Crippen LogP contribution in [0.15, 0.2) is 36.4 Å². The standard InChI is InChI=1S/2C21H29ClN2O2/c1-5-20-23-17-11-15(22)7-9-18(17)24(20)12-21(25)26-19-10-14(4)6-8-16(19)13(2)3;1-5-20-23-17-9-7-15(22)11-18(17)24(20)12-21(25)26-19-10-14(4)6-8-16(19)13(2)3/h2*7,9,11,13-14,16,19H,5-6,8,10,12H2,1-4H3/t2*14-,16+,19-/m11/s1. The number of benzene rings is 2. The van der Waals surface area contributed by atoms with Gasteiger partial charge in [0.25, 0.3) is 0 Å². The zero-order valence-electron chi connectivity index (χ0n) is 32.3. The number of nitrogens with zero attached hydrogens (tertiary/aromatic N) is 4. The van der Waals surface area contributed by atoms with Crippen LogP contribution in [0.4, 0.5) is 0 Å². The summed E-state index contributed by atoms with van der Waals surface area (Å²) in [6.07, 6.45) is 8.23. The number of halogens is 2. The Morgan fingerprint density at radius 1 is 0.692 bits per heavy atom. The molecule has 0 unspecified atom stereocenters. The second kappa shape index (κ2) is 17.8. The summed E-state index contributed by atoms with van der Waals surface area (Å²) >= 11 is 12.2. The first kappa shape index (κ1) is 40.1. The fourth-order valence-electron chi connectivity index (χ4n) is 8.36. The van der Waals surface area contributed by atoms with Crippen molar-refractivity contribution in [1.29, 1.82) is 0 Å². The minimum atomic E-state index is -0.177. The SMILES string of the molecule is CCc1nc2cc(Cl)ccc2n1CC(=O)O[C@@H]1C[C@H](C)CC[C@H]1C(C)C.CCc1nc2ccc(Cl)cc2n1CC(=O)O[C@@H]1C[C@H](C)CC[C@H]1C(C)C. The van der Waals surface area contributed by atoms with Gasteiger partial charge in [0.15, 0.2) is 0 Å². The molecule has 284 valence electrons. The van der Waals surface area contributed by atoms with Crippen molar-refractivity contribution in [2.24, 2.45) is 35.5 Å². The lowest BCUT2D eigenvalue weighted by molar-refractivity contribution is -0.157. The van der Waals surface area contributed by atoms with Gasteiger partial charge >= 0.3 is 11.9 Å². The van der Waals surface area contributed by atoms with E-state index in [4.69, 9.17) is 32.7 Å². The predicted molar refractivity (Wildman–Crippen MR) is 211 cm³/mol. The van der Waals surface area contributed by atoms with Crippen LogP contribution in [0, 0.1) is 35.5 Å². The molecule has 6 atom stereocenters. The van der Waals surface area contributed by atoms with Gasteiger partial charge < -0.3 is 18.6 Å². The summed E-state index contributed by atoms with van der Waals surface area (Å²) in [6.45, 7) is 17.9. The van der Waals surface area contributed by atoms with Crippen molar-refractivity contribution in [2.75, 3.05) is 0 Å². The van der Waals surface area contributed by atoms with Gasteiger partial charge in [-0.25, -0.2) is 9.97 Å². The summed E-state index contributed by atoms with van der Waals surface area (Å²) in [6, 6.07) is 11.2. The molecule has 4 aromatic rings. The number of aryl methyl sites for hydroxylation is 2. The number of hydrogen-bond donors (Lipinski definition) is 0. The molecule has 0 spiro atoms. The average Bonchev–Trinajstić information content (AvgIpc) is 3.60. The summed E-state index contributed by atoms with van der Waals surface area (Å²) in [7, 11) is 0. The Balaban J connectivity index is 0.000000201. The Hall–Kier alpha value is -3.10. The lowest BCUT2D eigenvalue weighted by Crippen LogP contribution is -2.36. The van der Waals surface area contributed by atoms with Gasteiger partial charge in [-0.2, -0.15) is 0 Å². The highest BCUT2D eigenvalue weighted by Crippen LogP contribution is 2.37. The lowest BCUT2D eigenvalue weighted by Gasteiger charge is -2.36. The van der Waals surface area contributed by atoms with E-state index in [1.54, 1.807) is 0 Å². The molecule has 2 saturated carbocycles. The highest BCUT2D eigenvalue weighted by Gasteiger charge is 2.35. The van der Waals surface area contributed by atoms with Crippen LogP contribution in [0.5, 0.6) is 0 Å². The Bertz CT molecular complexity index is 1830. The monoisotopic (exact) mass is 752 g/mol. The number of aromatic nitrogens is 4. The topological polar surface area (TPSA) is 88.2 Å². The Kier molecular flexibility index (Phi) is 13.7. The lowest BCUT2D eigenvalue weighted by atomic mass is 9.75. The molecule has 0 radical (unpaired) electrons. The van der Waals surface area contributed by atoms with E-state index >= 15 is 0 Å². The van der Waals surface area contributed by atoms with Crippen LogP contribution < -0.4 is 0 Å². The first-order valence-corrected chi connectivity index (χ1v) is 20.2. The molecule has 2 aromatic carbocycles. The van der Waals surface area contributed by atoms with Gasteiger partial charge in [-0.15, -0.1) is 0 Å². The van der Waals surface area contributed by atoms with Crippen molar-refractivity contribution < 1.29 is 19.1 Å². The second-order valence-corrected chi connectivity index (χ2v) is 16.8. The first-order valence-electron chi connectivity index (χ1n) is 19.5. The first-order chi connectivity index (χ1) is 24.8. The summed E-state index contributed by atoms with van der Waals surface area (Å²) in [5.41, 5.74) is 3.52. The molecular formula is C42H58Cl2N4O4. The summed E-state index contributed by atoms with van der Waals surface area (Å²) in [4.78, 5) is 34.7. The normalized spacial score (nSPS) is 23.5. The molecule has 0 saturated heterocycles. The zero-order chi connectivity index (χ0) is 37.7. The molecule has 2 fully saturated rings. The number of ether oxygens (including phenoxy) is 2. The van der Waals surface area contributed by atoms with E-state index in [0.29, 0.717) is 45.6 Å². The maximum atomic E-state index is 12.7. The molecule has 0 bridgehead atoms. The van der Waals surface area contributed by atoms with Crippen LogP contribution in [0.2, 0.25) is 10.0 Å². The third-order valence-electron chi connectivity index (χ3n) is 11.3. The molecular weight excluding hydrogens is 695 g/mol. The number of hydrogen-bond acceptors (Lipinski definition) is 6. The molecule has 2 heterocycles. The summed E-state index contributed by atoms with van der Waals surface area (Å²) in [5.74, 6) is 4.62. The van der Waals surface area contributed by atoms with Gasteiger partial charge in [-0.3, -0.25) is 9.59 Å². The van der Waals surface area contributed by atoms with Crippen molar-refractivity contribution in [3.8, 4) is 0 Å². The van der Waals surface area contributed by atoms with Gasteiger partial charge in [0.05, 0.1) is 22.1 Å². The van der Waals surface area contributed by atoms with Gasteiger partial charge in [0.1, 0.15) is 36.9 Å². The molecule has 8 nitrogen and oxygen atoms in total. The van der Waals surface area contributed by atoms with Gasteiger partial charge in [0, 0.05) is 22.9 Å². The smallest absolute Gasteiger partial charge is 0.326 e. The number of carbonyl (C=O) groups excluding carboxylic acids is 2. The highest BCUT2D eigenvalue weighted by atomic mass is 35.5. The highest BCUT2D eigenvalue weighted by molar-refractivity contribution is 6.31. The van der Waals surface area contributed by atoms with E-state index in [-0.39, 0.29) is 37.2 Å². The molecule has 2 aliphatic carbocycles. The number of carbonyl (C=O) groups is 2. The third-order valence-corrected chi connectivity index (χ3v) is 11.7. The minimum Gasteiger partial charge on any atom is -0.461 e. The van der Waals surface area contributed by atoms with Crippen LogP contribution >= 0.6 is 23.2 Å². The number of imidazole rings is 2. The molecule has 2 aliphatic rings. The van der Waals surface area contributed by atoms with Crippen molar-refractivity contribution in [3.05, 3.63) is 58.1 Å². The van der Waals surface area contributed by atoms with Crippen LogP contribution in [0.1, 0.15) is 106 Å². The van der Waals surface area contributed by atoms with Crippen molar-refractivity contribution >= 4 is 57.2 Å². The number of esters is 2. The summed E-state index contributed by atoms with van der Waals surface area (Å²) < 4.78 is 15.8. The fourth-order valence-corrected chi connectivity index (χ4v) is 8.69. The summed E-state index contributed by atoms with van der Waals surface area (Å²) in [5, 5.41) is 1.30. The van der Waals surface area contributed by atoms with E-state index in [0.717, 1.165) is 72.2 Å². The Labute approximate surface area is 319 Å². The number of fused-ring (bicyclic) bond motifs is 2. The van der Waals surface area contributed by atoms with E-state index in [2.05, 4.69) is 51.5 Å².